The second-order valence-corrected chi connectivity index (χ2v) is 7.26. The van der Waals surface area contributed by atoms with Crippen molar-refractivity contribution in [2.45, 2.75) is 13.5 Å². The number of rotatable bonds is 5. The number of hydrogen-bond acceptors (Lipinski definition) is 6. The fourth-order valence-electron chi connectivity index (χ4n) is 2.76. The summed E-state index contributed by atoms with van der Waals surface area (Å²) >= 11 is 1.43. The number of halogens is 2. The highest BCUT2D eigenvalue weighted by Crippen LogP contribution is 2.32. The van der Waals surface area contributed by atoms with Crippen molar-refractivity contribution in [2.75, 3.05) is 0 Å². The molecule has 8 heteroatoms. The van der Waals surface area contributed by atoms with Crippen LogP contribution in [0.25, 0.3) is 21.8 Å². The van der Waals surface area contributed by atoms with Crippen LogP contribution in [0.4, 0.5) is 8.78 Å². The van der Waals surface area contributed by atoms with Crippen LogP contribution in [-0.4, -0.2) is 20.1 Å². The second-order valence-electron chi connectivity index (χ2n) is 6.18. The van der Waals surface area contributed by atoms with Crippen LogP contribution in [0.2, 0.25) is 0 Å². The lowest BCUT2D eigenvalue weighted by molar-refractivity contribution is 0.293. The molecular formula is C21H15F2N3O2S. The Kier molecular flexibility index (Phi) is 5.18. The van der Waals surface area contributed by atoms with E-state index in [2.05, 4.69) is 15.0 Å². The molecular weight excluding hydrogens is 396 g/mol. The highest BCUT2D eigenvalue weighted by atomic mass is 32.1. The lowest BCUT2D eigenvalue weighted by Gasteiger charge is -2.06. The fraction of sp³-hybridized carbons (Fsp3) is 0.0952. The first-order valence-corrected chi connectivity index (χ1v) is 9.49. The third-order valence-electron chi connectivity index (χ3n) is 4.12. The summed E-state index contributed by atoms with van der Waals surface area (Å²) in [6.45, 7) is 2.14. The first-order valence-electron chi connectivity index (χ1n) is 8.67. The number of aromatic nitrogens is 3. The number of aromatic hydroxyl groups is 1. The number of nitrogens with zero attached hydrogens (tertiary/aromatic N) is 3. The number of thiazole rings is 1. The third kappa shape index (κ3) is 4.07. The largest absolute Gasteiger partial charge is 0.503 e. The van der Waals surface area contributed by atoms with Gasteiger partial charge in [0.25, 0.3) is 0 Å². The Morgan fingerprint density at radius 1 is 1.00 bits per heavy atom. The molecule has 1 N–H and O–H groups in total. The van der Waals surface area contributed by atoms with Gasteiger partial charge in [-0.15, -0.1) is 11.3 Å². The van der Waals surface area contributed by atoms with Gasteiger partial charge < -0.3 is 9.84 Å². The Bertz CT molecular complexity index is 1140. The Labute approximate surface area is 169 Å². The highest BCUT2D eigenvalue weighted by Gasteiger charge is 2.15. The van der Waals surface area contributed by atoms with Crippen molar-refractivity contribution in [3.8, 4) is 33.5 Å². The normalized spacial score (nSPS) is 10.9. The van der Waals surface area contributed by atoms with Crippen LogP contribution < -0.4 is 4.74 Å². The SMILES string of the molecule is Cc1nc(COc2ccccn2)sc1-c1cccc(-c2cc(F)c(O)c(F)c2)n1. The smallest absolute Gasteiger partial charge is 0.213 e. The van der Waals surface area contributed by atoms with Crippen molar-refractivity contribution in [1.82, 2.24) is 15.0 Å². The molecule has 0 saturated heterocycles. The number of hydrogen-bond donors (Lipinski definition) is 1. The van der Waals surface area contributed by atoms with Crippen LogP contribution in [-0.2, 0) is 6.61 Å². The predicted molar refractivity (Wildman–Crippen MR) is 106 cm³/mol. The van der Waals surface area contributed by atoms with E-state index < -0.39 is 17.4 Å². The van der Waals surface area contributed by atoms with E-state index in [1.807, 2.05) is 19.1 Å². The number of aryl methyl sites for hydroxylation is 1. The van der Waals surface area contributed by atoms with Gasteiger partial charge in [0.1, 0.15) is 11.6 Å². The average Bonchev–Trinajstić information content (AvgIpc) is 3.11. The number of benzene rings is 1. The van der Waals surface area contributed by atoms with Gasteiger partial charge in [-0.2, -0.15) is 0 Å². The van der Waals surface area contributed by atoms with Crippen LogP contribution in [0.5, 0.6) is 11.6 Å². The number of phenols is 1. The van der Waals surface area contributed by atoms with E-state index in [1.165, 1.54) is 11.3 Å². The molecule has 3 heterocycles. The van der Waals surface area contributed by atoms with Crippen LogP contribution >= 0.6 is 11.3 Å². The minimum Gasteiger partial charge on any atom is -0.503 e. The van der Waals surface area contributed by atoms with Crippen molar-refractivity contribution in [2.24, 2.45) is 0 Å². The lowest BCUT2D eigenvalue weighted by atomic mass is 10.1. The summed E-state index contributed by atoms with van der Waals surface area (Å²) in [5, 5.41) is 10.1. The molecule has 0 atom stereocenters. The maximum Gasteiger partial charge on any atom is 0.213 e. The summed E-state index contributed by atoms with van der Waals surface area (Å²) in [7, 11) is 0. The van der Waals surface area contributed by atoms with Crippen molar-refractivity contribution in [3.05, 3.63) is 77.1 Å². The van der Waals surface area contributed by atoms with E-state index >= 15 is 0 Å². The van der Waals surface area contributed by atoms with Gasteiger partial charge in [-0.05, 0) is 37.3 Å². The minimum atomic E-state index is -1.03. The second kappa shape index (κ2) is 7.92. The standard InChI is InChI=1S/C21H15F2N3O2S/c1-12-21(29-19(25-12)11-28-18-7-2-3-8-24-18)17-6-4-5-16(26-17)13-9-14(22)20(27)15(23)10-13/h2-10,27H,11H2,1H3. The van der Waals surface area contributed by atoms with Gasteiger partial charge in [0.15, 0.2) is 17.4 Å². The summed E-state index contributed by atoms with van der Waals surface area (Å²) in [4.78, 5) is 14.0. The van der Waals surface area contributed by atoms with E-state index in [9.17, 15) is 13.9 Å². The Morgan fingerprint density at radius 3 is 2.48 bits per heavy atom. The Balaban J connectivity index is 1.61. The van der Waals surface area contributed by atoms with Gasteiger partial charge in [-0.1, -0.05) is 12.1 Å². The van der Waals surface area contributed by atoms with Gasteiger partial charge >= 0.3 is 0 Å². The molecule has 1 aromatic carbocycles. The van der Waals surface area contributed by atoms with Gasteiger partial charge in [0, 0.05) is 17.8 Å². The van der Waals surface area contributed by atoms with Crippen molar-refractivity contribution < 1.29 is 18.6 Å². The van der Waals surface area contributed by atoms with E-state index in [4.69, 9.17) is 4.74 Å². The van der Waals surface area contributed by atoms with Crippen molar-refractivity contribution in [1.29, 1.82) is 0 Å². The van der Waals surface area contributed by atoms with E-state index in [-0.39, 0.29) is 12.2 Å². The maximum absolute atomic E-state index is 13.7. The molecule has 0 aliphatic rings. The van der Waals surface area contributed by atoms with Crippen LogP contribution in [0.15, 0.2) is 54.7 Å². The molecule has 0 unspecified atom stereocenters. The monoisotopic (exact) mass is 411 g/mol. The molecule has 29 heavy (non-hydrogen) atoms. The quantitative estimate of drug-likeness (QED) is 0.493. The van der Waals surface area contributed by atoms with Crippen LogP contribution in [0, 0.1) is 18.6 Å². The van der Waals surface area contributed by atoms with E-state index in [1.54, 1.807) is 30.5 Å². The Hall–Kier alpha value is -3.39. The lowest BCUT2D eigenvalue weighted by Crippen LogP contribution is -1.96. The molecule has 0 radical (unpaired) electrons. The Morgan fingerprint density at radius 2 is 1.76 bits per heavy atom. The third-order valence-corrected chi connectivity index (χ3v) is 5.27. The molecule has 4 aromatic rings. The number of phenolic OH excluding ortho intramolecular Hbond substituents is 1. The zero-order valence-corrected chi connectivity index (χ0v) is 16.1. The topological polar surface area (TPSA) is 68.1 Å². The maximum atomic E-state index is 13.7. The average molecular weight is 411 g/mol. The molecule has 0 amide bonds. The molecule has 5 nitrogen and oxygen atoms in total. The molecule has 0 aliphatic carbocycles. The molecule has 4 rings (SSSR count). The van der Waals surface area contributed by atoms with Gasteiger partial charge in [0.2, 0.25) is 5.88 Å². The zero-order chi connectivity index (χ0) is 20.4. The summed E-state index contributed by atoms with van der Waals surface area (Å²) in [6, 6.07) is 12.7. The van der Waals surface area contributed by atoms with Gasteiger partial charge in [-0.25, -0.2) is 23.7 Å². The molecule has 0 fully saturated rings. The van der Waals surface area contributed by atoms with Crippen molar-refractivity contribution >= 4 is 11.3 Å². The minimum absolute atomic E-state index is 0.237. The molecule has 146 valence electrons. The molecule has 0 spiro atoms. The van der Waals surface area contributed by atoms with E-state index in [0.29, 0.717) is 17.3 Å². The zero-order valence-electron chi connectivity index (χ0n) is 15.3. The first-order chi connectivity index (χ1) is 14.0. The molecule has 0 bridgehead atoms. The predicted octanol–water partition coefficient (Wildman–Crippen LogP) is 5.14. The first kappa shape index (κ1) is 18.9. The van der Waals surface area contributed by atoms with Crippen LogP contribution in [0.1, 0.15) is 10.7 Å². The number of pyridine rings is 2. The molecule has 0 saturated carbocycles. The fourth-order valence-corrected chi connectivity index (χ4v) is 3.70. The van der Waals surface area contributed by atoms with Gasteiger partial charge in [-0.3, -0.25) is 0 Å². The highest BCUT2D eigenvalue weighted by molar-refractivity contribution is 7.15. The summed E-state index contributed by atoms with van der Waals surface area (Å²) in [6.07, 6.45) is 1.65. The van der Waals surface area contributed by atoms with E-state index in [0.717, 1.165) is 27.7 Å². The molecule has 3 aromatic heterocycles. The van der Waals surface area contributed by atoms with Crippen LogP contribution in [0.3, 0.4) is 0 Å². The van der Waals surface area contributed by atoms with Crippen molar-refractivity contribution in [3.63, 3.8) is 0 Å². The summed E-state index contributed by atoms with van der Waals surface area (Å²) < 4.78 is 33.0. The summed E-state index contributed by atoms with van der Waals surface area (Å²) in [5.74, 6) is -2.55. The summed E-state index contributed by atoms with van der Waals surface area (Å²) in [5.41, 5.74) is 2.04. The number of ether oxygens (including phenoxy) is 1. The van der Waals surface area contributed by atoms with Gasteiger partial charge in [0.05, 0.1) is 22.0 Å². The molecule has 0 aliphatic heterocycles.